The summed E-state index contributed by atoms with van der Waals surface area (Å²) in [6.07, 6.45) is 6.01. The van der Waals surface area contributed by atoms with Crippen molar-refractivity contribution in [1.82, 2.24) is 40.8 Å². The van der Waals surface area contributed by atoms with Gasteiger partial charge in [0.05, 0.1) is 35.6 Å². The predicted molar refractivity (Wildman–Crippen MR) is 304 cm³/mol. The number of carbonyl (C=O) groups excluding carboxylic acids is 5. The van der Waals surface area contributed by atoms with Gasteiger partial charge in [0.15, 0.2) is 6.10 Å². The third-order valence-corrected chi connectivity index (χ3v) is 14.1. The van der Waals surface area contributed by atoms with Gasteiger partial charge in [0, 0.05) is 47.7 Å². The zero-order chi connectivity index (χ0) is 55.8. The van der Waals surface area contributed by atoms with E-state index in [0.29, 0.717) is 74.9 Å². The third-order valence-electron chi connectivity index (χ3n) is 11.8. The van der Waals surface area contributed by atoms with Crippen molar-refractivity contribution in [2.24, 2.45) is 0 Å². The Kier molecular flexibility index (Phi) is 23.3. The smallest absolute Gasteiger partial charge is 0.306 e. The van der Waals surface area contributed by atoms with Crippen molar-refractivity contribution in [3.05, 3.63) is 199 Å². The van der Waals surface area contributed by atoms with Crippen LogP contribution in [0.5, 0.6) is 0 Å². The second-order valence-corrected chi connectivity index (χ2v) is 21.3. The number of nitrogens with zero attached hydrogens (tertiary/aromatic N) is 8. The second-order valence-electron chi connectivity index (χ2n) is 18.3. The molecule has 2 unspecified atom stereocenters. The molecule has 21 heteroatoms. The Morgan fingerprint density at radius 1 is 0.506 bits per heavy atom. The molecule has 2 amide bonds. The summed E-state index contributed by atoms with van der Waals surface area (Å²) in [6.45, 7) is 1.86. The molecule has 0 aliphatic heterocycles. The van der Waals surface area contributed by atoms with Crippen LogP contribution in [0, 0.1) is 0 Å². The third kappa shape index (κ3) is 20.3. The molecule has 0 saturated carbocycles. The Morgan fingerprint density at radius 3 is 1.42 bits per heavy atom. The summed E-state index contributed by atoms with van der Waals surface area (Å²) in [4.78, 5) is 62.1. The topological polar surface area (TPSA) is 242 Å². The fraction of sp³-hybridized carbons (Fsp3) is 0.293. The molecule has 2 atom stereocenters. The Bertz CT molecular complexity index is 3240. The van der Waals surface area contributed by atoms with Gasteiger partial charge < -0.3 is 9.84 Å². The van der Waals surface area contributed by atoms with Gasteiger partial charge >= 0.3 is 5.97 Å². The standard InChI is InChI=1S/C31H32ClN5O4S.C27H26ClN5O3S/c1-2-9-28(39)41-29(22-12-8-13-23(32)19-22)30(40)33-31-37-36-27(42-31)15-7-6-14-24-16-17-25(35-34-24)20-26(38)18-21-10-4-3-5-11-21;28-20-10-6-9-19(16-20)25(35)26(36)29-27-33-32-24(37-27)12-5-4-11-21-13-14-22(31-30-21)17-23(34)15-18-7-2-1-3-8-18/h3-5,8,10-13,16-17,19,29H,2,6-7,9,14-15,18,20H2,1H3,(H,33,37,40);1-3,6-10,13-14,16,25,35H,4-5,11-12,15,17H2,(H,29,33,36). The molecule has 0 aliphatic carbocycles. The van der Waals surface area contributed by atoms with Gasteiger partial charge in [0.25, 0.3) is 11.8 Å². The van der Waals surface area contributed by atoms with Crippen molar-refractivity contribution in [1.29, 1.82) is 0 Å². The van der Waals surface area contributed by atoms with E-state index in [1.165, 1.54) is 22.7 Å². The van der Waals surface area contributed by atoms with Gasteiger partial charge in [-0.15, -0.1) is 20.4 Å². The monoisotopic (exact) mass is 1140 g/mol. The van der Waals surface area contributed by atoms with Gasteiger partial charge in [-0.2, -0.15) is 20.4 Å². The van der Waals surface area contributed by atoms with Crippen molar-refractivity contribution in [3.63, 3.8) is 0 Å². The second kappa shape index (κ2) is 31.1. The number of anilines is 2. The molecule has 8 rings (SSSR count). The number of esters is 1. The fourth-order valence-corrected chi connectivity index (χ4v) is 9.86. The molecule has 79 heavy (non-hydrogen) atoms. The summed E-state index contributed by atoms with van der Waals surface area (Å²) < 4.78 is 5.46. The highest BCUT2D eigenvalue weighted by Gasteiger charge is 2.27. The average molecular weight is 1140 g/mol. The molecule has 0 spiro atoms. The number of nitrogens with one attached hydrogen (secondary N) is 2. The highest BCUT2D eigenvalue weighted by Crippen LogP contribution is 2.26. The molecule has 0 bridgehead atoms. The van der Waals surface area contributed by atoms with Crippen molar-refractivity contribution >= 4 is 85.5 Å². The number of hydrogen-bond acceptors (Lipinski definition) is 17. The van der Waals surface area contributed by atoms with Crippen LogP contribution in [0.25, 0.3) is 0 Å². The Hall–Kier alpha value is -7.55. The van der Waals surface area contributed by atoms with E-state index in [0.717, 1.165) is 71.1 Å². The maximum atomic E-state index is 13.0. The minimum absolute atomic E-state index is 0.105. The van der Waals surface area contributed by atoms with Gasteiger partial charge in [0.2, 0.25) is 16.4 Å². The minimum Gasteiger partial charge on any atom is -0.447 e. The summed E-state index contributed by atoms with van der Waals surface area (Å²) in [5.41, 5.74) is 5.95. The van der Waals surface area contributed by atoms with Crippen LogP contribution < -0.4 is 10.6 Å². The Morgan fingerprint density at radius 2 is 0.949 bits per heavy atom. The van der Waals surface area contributed by atoms with Crippen LogP contribution in [0.2, 0.25) is 10.0 Å². The number of aryl methyl sites for hydroxylation is 4. The van der Waals surface area contributed by atoms with Gasteiger partial charge in [0.1, 0.15) is 21.6 Å². The van der Waals surface area contributed by atoms with Crippen molar-refractivity contribution in [2.45, 2.75) is 109 Å². The number of aliphatic hydroxyl groups is 1. The number of unbranched alkanes of at least 4 members (excludes halogenated alkanes) is 2. The summed E-state index contributed by atoms with van der Waals surface area (Å²) in [6, 6.07) is 40.1. The maximum absolute atomic E-state index is 13.0. The number of ether oxygens (including phenoxy) is 1. The molecule has 8 aromatic rings. The molecule has 0 saturated heterocycles. The van der Waals surface area contributed by atoms with Crippen LogP contribution in [-0.2, 0) is 80.1 Å². The number of ketones is 2. The number of aromatic nitrogens is 8. The molecule has 408 valence electrons. The van der Waals surface area contributed by atoms with E-state index >= 15 is 0 Å². The van der Waals surface area contributed by atoms with Crippen LogP contribution in [0.15, 0.2) is 133 Å². The molecule has 0 fully saturated rings. The number of Topliss-reactive ketones (excluding diaryl/α,β-unsaturated/α-hetero) is 2. The average Bonchev–Trinajstić information content (AvgIpc) is 4.12. The molecule has 0 aliphatic rings. The number of amides is 2. The van der Waals surface area contributed by atoms with Crippen molar-refractivity contribution in [3.8, 4) is 0 Å². The van der Waals surface area contributed by atoms with Crippen LogP contribution in [0.1, 0.15) is 113 Å². The van der Waals surface area contributed by atoms with Crippen LogP contribution in [0.3, 0.4) is 0 Å². The lowest BCUT2D eigenvalue weighted by atomic mass is 10.1. The molecule has 4 aromatic heterocycles. The number of halogens is 2. The number of carbonyl (C=O) groups is 5. The molecule has 0 radical (unpaired) electrons. The lowest BCUT2D eigenvalue weighted by Gasteiger charge is -2.17. The van der Waals surface area contributed by atoms with Crippen LogP contribution in [0.4, 0.5) is 10.3 Å². The molecular formula is C58H58Cl2N10O7S2. The summed E-state index contributed by atoms with van der Waals surface area (Å²) >= 11 is 14.6. The number of rotatable bonds is 27. The molecule has 4 heterocycles. The van der Waals surface area contributed by atoms with Gasteiger partial charge in [-0.1, -0.05) is 138 Å². The van der Waals surface area contributed by atoms with E-state index < -0.39 is 30.0 Å². The highest BCUT2D eigenvalue weighted by molar-refractivity contribution is 7.15. The predicted octanol–water partition coefficient (Wildman–Crippen LogP) is 10.5. The number of benzene rings is 4. The lowest BCUT2D eigenvalue weighted by molar-refractivity contribution is -0.154. The fourth-order valence-electron chi connectivity index (χ4n) is 7.89. The first-order chi connectivity index (χ1) is 38.3. The van der Waals surface area contributed by atoms with Crippen LogP contribution in [-0.4, -0.2) is 75.2 Å². The normalized spacial score (nSPS) is 11.6. The number of aliphatic hydroxyl groups excluding tert-OH is 1. The molecular weight excluding hydrogens is 1080 g/mol. The van der Waals surface area contributed by atoms with Gasteiger partial charge in [-0.25, -0.2) is 0 Å². The maximum Gasteiger partial charge on any atom is 0.306 e. The zero-order valence-electron chi connectivity index (χ0n) is 43.3. The van der Waals surface area contributed by atoms with Crippen LogP contribution >= 0.6 is 45.9 Å². The van der Waals surface area contributed by atoms with E-state index in [-0.39, 0.29) is 30.8 Å². The van der Waals surface area contributed by atoms with Gasteiger partial charge in [-0.3, -0.25) is 34.6 Å². The van der Waals surface area contributed by atoms with Gasteiger partial charge in [-0.05, 0) is 110 Å². The lowest BCUT2D eigenvalue weighted by Crippen LogP contribution is -2.25. The van der Waals surface area contributed by atoms with E-state index in [1.807, 2.05) is 91.9 Å². The molecule has 3 N–H and O–H groups in total. The number of hydrogen-bond donors (Lipinski definition) is 3. The molecule has 17 nitrogen and oxygen atoms in total. The summed E-state index contributed by atoms with van der Waals surface area (Å²) in [5.74, 6) is -1.36. The Labute approximate surface area is 475 Å². The SMILES string of the molecule is CCCC(=O)OC(C(=O)Nc1nnc(CCCCc2ccc(CC(=O)Cc3ccccc3)nn2)s1)c1cccc(Cl)c1.O=C(Cc1ccccc1)Cc1ccc(CCCCc2nnc(NC(=O)C(O)c3cccc(Cl)c3)s2)nn1. The Balaban J connectivity index is 0.000000230. The summed E-state index contributed by atoms with van der Waals surface area (Å²) in [7, 11) is 0. The minimum atomic E-state index is -1.35. The first-order valence-corrected chi connectivity index (χ1v) is 28.1. The molecule has 4 aromatic carbocycles. The highest BCUT2D eigenvalue weighted by atomic mass is 35.5. The van der Waals surface area contributed by atoms with Crippen molar-refractivity contribution < 1.29 is 33.8 Å². The first kappa shape index (κ1) is 59.1. The zero-order valence-corrected chi connectivity index (χ0v) is 46.4. The first-order valence-electron chi connectivity index (χ1n) is 25.7. The largest absolute Gasteiger partial charge is 0.447 e. The van der Waals surface area contributed by atoms with E-state index in [2.05, 4.69) is 51.4 Å². The van der Waals surface area contributed by atoms with E-state index in [1.54, 1.807) is 48.5 Å². The van der Waals surface area contributed by atoms with E-state index in [4.69, 9.17) is 27.9 Å². The summed E-state index contributed by atoms with van der Waals surface area (Å²) in [5, 5.41) is 52.0. The van der Waals surface area contributed by atoms with E-state index in [9.17, 15) is 29.1 Å². The quantitative estimate of drug-likeness (QED) is 0.0320. The van der Waals surface area contributed by atoms with Crippen molar-refractivity contribution in [2.75, 3.05) is 10.6 Å².